The van der Waals surface area contributed by atoms with Crippen LogP contribution in [-0.4, -0.2) is 28.7 Å². The maximum absolute atomic E-state index is 12.9. The molecular weight excluding hydrogens is 390 g/mol. The maximum Gasteiger partial charge on any atom is 0.269 e. The normalized spacial score (nSPS) is 11.5. The molecule has 0 aliphatic heterocycles. The molecule has 0 bridgehead atoms. The minimum atomic E-state index is -0.461. The summed E-state index contributed by atoms with van der Waals surface area (Å²) in [5, 5.41) is 15.6. The fourth-order valence-electron chi connectivity index (χ4n) is 2.83. The van der Waals surface area contributed by atoms with E-state index in [1.807, 2.05) is 5.38 Å². The second kappa shape index (κ2) is 8.66. The van der Waals surface area contributed by atoms with E-state index in [2.05, 4.69) is 5.32 Å². The average Bonchev–Trinajstić information content (AvgIpc) is 3.27. The standard InChI is InChI=1S/C21H19N3O4S/c1-14(15-6-4-9-18(13-15)24(27)28)23(2)21(26)16-7-3-8-17(12-16)22-20(25)19-10-5-11-29-19/h3-14H,1-2H3,(H,22,25)/t14-/m0/s1. The molecule has 7 nitrogen and oxygen atoms in total. The van der Waals surface area contributed by atoms with E-state index in [1.54, 1.807) is 62.5 Å². The van der Waals surface area contributed by atoms with Gasteiger partial charge in [0.25, 0.3) is 17.5 Å². The molecule has 1 aromatic heterocycles. The molecule has 0 aliphatic carbocycles. The summed E-state index contributed by atoms with van der Waals surface area (Å²) in [6.45, 7) is 1.80. The van der Waals surface area contributed by atoms with Gasteiger partial charge in [0.1, 0.15) is 0 Å². The number of thiophene rings is 1. The van der Waals surface area contributed by atoms with E-state index in [1.165, 1.54) is 28.4 Å². The zero-order valence-electron chi connectivity index (χ0n) is 15.9. The Morgan fingerprint density at radius 1 is 1.10 bits per heavy atom. The molecule has 29 heavy (non-hydrogen) atoms. The number of benzene rings is 2. The molecule has 148 valence electrons. The molecule has 8 heteroatoms. The number of non-ortho nitro benzene ring substituents is 1. The number of nitro groups is 1. The van der Waals surface area contributed by atoms with Gasteiger partial charge in [0.2, 0.25) is 0 Å². The number of carbonyl (C=O) groups is 2. The summed E-state index contributed by atoms with van der Waals surface area (Å²) < 4.78 is 0. The van der Waals surface area contributed by atoms with Crippen molar-refractivity contribution in [2.45, 2.75) is 13.0 Å². The number of amides is 2. The van der Waals surface area contributed by atoms with Crippen LogP contribution in [0.15, 0.2) is 66.0 Å². The lowest BCUT2D eigenvalue weighted by Gasteiger charge is -2.25. The third-order valence-electron chi connectivity index (χ3n) is 4.58. The monoisotopic (exact) mass is 409 g/mol. The molecular formula is C21H19N3O4S. The molecule has 0 fully saturated rings. The molecule has 0 radical (unpaired) electrons. The van der Waals surface area contributed by atoms with Crippen LogP contribution >= 0.6 is 11.3 Å². The molecule has 1 atom stereocenters. The van der Waals surface area contributed by atoms with Gasteiger partial charge < -0.3 is 10.2 Å². The summed E-state index contributed by atoms with van der Waals surface area (Å²) in [5.74, 6) is -0.487. The van der Waals surface area contributed by atoms with Crippen LogP contribution in [0.3, 0.4) is 0 Å². The third kappa shape index (κ3) is 4.67. The van der Waals surface area contributed by atoms with Gasteiger partial charge in [0, 0.05) is 30.4 Å². The Morgan fingerprint density at radius 2 is 1.86 bits per heavy atom. The van der Waals surface area contributed by atoms with E-state index in [9.17, 15) is 19.7 Å². The smallest absolute Gasteiger partial charge is 0.269 e. The van der Waals surface area contributed by atoms with Crippen LogP contribution < -0.4 is 5.32 Å². The zero-order valence-corrected chi connectivity index (χ0v) is 16.7. The van der Waals surface area contributed by atoms with Crippen LogP contribution in [0.5, 0.6) is 0 Å². The molecule has 2 amide bonds. The van der Waals surface area contributed by atoms with Gasteiger partial charge >= 0.3 is 0 Å². The minimum Gasteiger partial charge on any atom is -0.335 e. The average molecular weight is 409 g/mol. The van der Waals surface area contributed by atoms with Gasteiger partial charge in [-0.2, -0.15) is 0 Å². The molecule has 2 aromatic carbocycles. The molecule has 3 aromatic rings. The highest BCUT2D eigenvalue weighted by atomic mass is 32.1. The highest BCUT2D eigenvalue weighted by molar-refractivity contribution is 7.12. The number of hydrogen-bond donors (Lipinski definition) is 1. The van der Waals surface area contributed by atoms with Crippen LogP contribution in [0.2, 0.25) is 0 Å². The van der Waals surface area contributed by atoms with E-state index in [-0.39, 0.29) is 23.5 Å². The first-order chi connectivity index (χ1) is 13.9. The molecule has 0 unspecified atom stereocenters. The van der Waals surface area contributed by atoms with E-state index >= 15 is 0 Å². The van der Waals surface area contributed by atoms with Crippen LogP contribution in [-0.2, 0) is 0 Å². The summed E-state index contributed by atoms with van der Waals surface area (Å²) in [5.41, 5.74) is 1.57. The lowest BCUT2D eigenvalue weighted by molar-refractivity contribution is -0.384. The van der Waals surface area contributed by atoms with Crippen LogP contribution in [0.1, 0.15) is 38.6 Å². The molecule has 0 saturated heterocycles. The molecule has 1 heterocycles. The molecule has 0 aliphatic rings. The van der Waals surface area contributed by atoms with Crippen molar-refractivity contribution in [1.29, 1.82) is 0 Å². The van der Waals surface area contributed by atoms with Crippen molar-refractivity contribution in [2.24, 2.45) is 0 Å². The van der Waals surface area contributed by atoms with E-state index in [0.717, 1.165) is 0 Å². The quantitative estimate of drug-likeness (QED) is 0.470. The molecule has 1 N–H and O–H groups in total. The van der Waals surface area contributed by atoms with Crippen molar-refractivity contribution in [3.05, 3.63) is 92.2 Å². The predicted molar refractivity (Wildman–Crippen MR) is 112 cm³/mol. The SMILES string of the molecule is C[C@@H](c1cccc([N+](=O)[O-])c1)N(C)C(=O)c1cccc(NC(=O)c2cccs2)c1. The van der Waals surface area contributed by atoms with Gasteiger partial charge in [-0.3, -0.25) is 19.7 Å². The second-order valence-electron chi connectivity index (χ2n) is 6.46. The largest absolute Gasteiger partial charge is 0.335 e. The summed E-state index contributed by atoms with van der Waals surface area (Å²) in [6, 6.07) is 16.1. The van der Waals surface area contributed by atoms with Crippen LogP contribution in [0, 0.1) is 10.1 Å². The first kappa shape index (κ1) is 20.2. The second-order valence-corrected chi connectivity index (χ2v) is 7.40. The lowest BCUT2D eigenvalue weighted by atomic mass is 10.1. The Balaban J connectivity index is 1.76. The first-order valence-corrected chi connectivity index (χ1v) is 9.71. The number of rotatable bonds is 6. The van der Waals surface area contributed by atoms with Gasteiger partial charge in [0.05, 0.1) is 15.8 Å². The number of carbonyl (C=O) groups excluding carboxylic acids is 2. The molecule has 0 saturated carbocycles. The van der Waals surface area contributed by atoms with Gasteiger partial charge in [-0.05, 0) is 42.1 Å². The minimum absolute atomic E-state index is 0.0199. The number of nitro benzene ring substituents is 1. The topological polar surface area (TPSA) is 92.6 Å². The summed E-state index contributed by atoms with van der Waals surface area (Å²) in [4.78, 5) is 37.8. The van der Waals surface area contributed by atoms with E-state index in [0.29, 0.717) is 21.7 Å². The lowest BCUT2D eigenvalue weighted by Crippen LogP contribution is -2.29. The fraction of sp³-hybridized carbons (Fsp3) is 0.143. The number of anilines is 1. The Bertz CT molecular complexity index is 1050. The van der Waals surface area contributed by atoms with Crippen LogP contribution in [0.25, 0.3) is 0 Å². The first-order valence-electron chi connectivity index (χ1n) is 8.83. The van der Waals surface area contributed by atoms with Crippen LogP contribution in [0.4, 0.5) is 11.4 Å². The zero-order chi connectivity index (χ0) is 21.0. The highest BCUT2D eigenvalue weighted by Crippen LogP contribution is 2.25. The van der Waals surface area contributed by atoms with Crippen molar-refractivity contribution in [3.63, 3.8) is 0 Å². The van der Waals surface area contributed by atoms with Gasteiger partial charge in [-0.25, -0.2) is 0 Å². The summed E-state index contributed by atoms with van der Waals surface area (Å²) in [6.07, 6.45) is 0. The van der Waals surface area contributed by atoms with E-state index < -0.39 is 4.92 Å². The Hall–Kier alpha value is -3.52. The molecule has 0 spiro atoms. The van der Waals surface area contributed by atoms with E-state index in [4.69, 9.17) is 0 Å². The Morgan fingerprint density at radius 3 is 2.55 bits per heavy atom. The maximum atomic E-state index is 12.9. The Kier molecular flexibility index (Phi) is 6.04. The van der Waals surface area contributed by atoms with Crippen molar-refractivity contribution < 1.29 is 14.5 Å². The predicted octanol–water partition coefficient (Wildman–Crippen LogP) is 4.74. The van der Waals surface area contributed by atoms with Crippen molar-refractivity contribution in [3.8, 4) is 0 Å². The summed E-state index contributed by atoms with van der Waals surface area (Å²) in [7, 11) is 1.64. The number of hydrogen-bond acceptors (Lipinski definition) is 5. The van der Waals surface area contributed by atoms with Crippen molar-refractivity contribution in [2.75, 3.05) is 12.4 Å². The fourth-order valence-corrected chi connectivity index (χ4v) is 3.45. The van der Waals surface area contributed by atoms with Gasteiger partial charge in [0.15, 0.2) is 0 Å². The van der Waals surface area contributed by atoms with Crippen molar-refractivity contribution >= 4 is 34.5 Å². The van der Waals surface area contributed by atoms with Crippen molar-refractivity contribution in [1.82, 2.24) is 4.90 Å². The molecule has 3 rings (SSSR count). The number of nitrogens with zero attached hydrogens (tertiary/aromatic N) is 2. The number of nitrogens with one attached hydrogen (secondary N) is 1. The van der Waals surface area contributed by atoms with Gasteiger partial charge in [-0.1, -0.05) is 24.3 Å². The highest BCUT2D eigenvalue weighted by Gasteiger charge is 2.21. The van der Waals surface area contributed by atoms with Gasteiger partial charge in [-0.15, -0.1) is 11.3 Å². The summed E-state index contributed by atoms with van der Waals surface area (Å²) >= 11 is 1.34. The third-order valence-corrected chi connectivity index (χ3v) is 5.45. The Labute approximate surface area is 171 Å².